The number of hydrogen-bond donors (Lipinski definition) is 2. The molecule has 0 aliphatic carbocycles. The molecule has 3 aromatic rings. The van der Waals surface area contributed by atoms with E-state index in [4.69, 9.17) is 9.47 Å². The molecule has 0 spiro atoms. The van der Waals surface area contributed by atoms with E-state index in [2.05, 4.69) is 34.4 Å². The van der Waals surface area contributed by atoms with Crippen molar-refractivity contribution < 1.29 is 14.4 Å². The molecule has 0 radical (unpaired) electrons. The number of nitrogens with zero attached hydrogens (tertiary/aromatic N) is 3. The van der Waals surface area contributed by atoms with Gasteiger partial charge in [0.2, 0.25) is 11.6 Å². The largest absolute Gasteiger partial charge is 0.494 e. The van der Waals surface area contributed by atoms with Gasteiger partial charge in [0.15, 0.2) is 0 Å². The predicted molar refractivity (Wildman–Crippen MR) is 137 cm³/mol. The maximum absolute atomic E-state index is 11.8. The minimum absolute atomic E-state index is 0.162. The number of unbranched alkanes of at least 4 members (excludes halogenated alkanes) is 2. The van der Waals surface area contributed by atoms with Crippen molar-refractivity contribution in [1.82, 2.24) is 9.97 Å². The molecule has 35 heavy (non-hydrogen) atoms. The highest BCUT2D eigenvalue weighted by Gasteiger charge is 2.22. The molecule has 9 nitrogen and oxygen atoms in total. The second kappa shape index (κ2) is 13.7. The van der Waals surface area contributed by atoms with Crippen molar-refractivity contribution in [2.45, 2.75) is 52.6 Å². The third-order valence-corrected chi connectivity index (χ3v) is 5.30. The van der Waals surface area contributed by atoms with Crippen LogP contribution in [0.1, 0.15) is 50.7 Å². The van der Waals surface area contributed by atoms with Gasteiger partial charge in [0, 0.05) is 13.1 Å². The van der Waals surface area contributed by atoms with E-state index in [1.54, 1.807) is 0 Å². The van der Waals surface area contributed by atoms with E-state index in [1.807, 2.05) is 48.5 Å². The van der Waals surface area contributed by atoms with E-state index in [0.717, 1.165) is 48.3 Å². The van der Waals surface area contributed by atoms with E-state index in [9.17, 15) is 10.1 Å². The lowest BCUT2D eigenvalue weighted by Crippen LogP contribution is -2.10. The van der Waals surface area contributed by atoms with Crippen LogP contribution in [0.25, 0.3) is 0 Å². The van der Waals surface area contributed by atoms with Gasteiger partial charge in [-0.1, -0.05) is 51.0 Å². The lowest BCUT2D eigenvalue weighted by molar-refractivity contribution is -0.383. The van der Waals surface area contributed by atoms with Gasteiger partial charge in [-0.05, 0) is 48.2 Å². The van der Waals surface area contributed by atoms with Crippen molar-refractivity contribution in [2.24, 2.45) is 0 Å². The minimum Gasteiger partial charge on any atom is -0.494 e. The van der Waals surface area contributed by atoms with Crippen LogP contribution in [0.15, 0.2) is 54.9 Å². The average molecular weight is 480 g/mol. The van der Waals surface area contributed by atoms with Gasteiger partial charge in [-0.3, -0.25) is 10.1 Å². The van der Waals surface area contributed by atoms with Crippen LogP contribution >= 0.6 is 0 Å². The molecule has 0 unspecified atom stereocenters. The van der Waals surface area contributed by atoms with Gasteiger partial charge in [-0.25, -0.2) is 9.97 Å². The second-order valence-corrected chi connectivity index (χ2v) is 8.08. The third kappa shape index (κ3) is 8.13. The Balaban J connectivity index is 1.60. The van der Waals surface area contributed by atoms with Crippen LogP contribution in [0.4, 0.5) is 17.3 Å². The summed E-state index contributed by atoms with van der Waals surface area (Å²) in [5, 5.41) is 17.9. The van der Waals surface area contributed by atoms with E-state index in [-0.39, 0.29) is 17.3 Å². The number of hydrogen-bond acceptors (Lipinski definition) is 8. The molecular weight excluding hydrogens is 446 g/mol. The first-order chi connectivity index (χ1) is 17.1. The van der Waals surface area contributed by atoms with Crippen LogP contribution in [0, 0.1) is 10.1 Å². The highest BCUT2D eigenvalue weighted by molar-refractivity contribution is 5.69. The molecule has 0 saturated carbocycles. The summed E-state index contributed by atoms with van der Waals surface area (Å²) in [6.45, 7) is 6.38. The monoisotopic (exact) mass is 479 g/mol. The molecule has 1 aromatic heterocycles. The summed E-state index contributed by atoms with van der Waals surface area (Å²) in [7, 11) is 0. The van der Waals surface area contributed by atoms with Crippen molar-refractivity contribution >= 4 is 17.3 Å². The van der Waals surface area contributed by atoms with Crippen LogP contribution < -0.4 is 20.1 Å². The molecule has 0 saturated heterocycles. The van der Waals surface area contributed by atoms with Crippen molar-refractivity contribution in [3.05, 3.63) is 76.1 Å². The Labute approximate surface area is 206 Å². The van der Waals surface area contributed by atoms with Crippen molar-refractivity contribution in [3.63, 3.8) is 0 Å². The Hall–Kier alpha value is -3.88. The summed E-state index contributed by atoms with van der Waals surface area (Å²) in [5.41, 5.74) is 1.72. The van der Waals surface area contributed by atoms with Crippen LogP contribution in [-0.4, -0.2) is 28.1 Å². The molecule has 3 rings (SSSR count). The van der Waals surface area contributed by atoms with Crippen molar-refractivity contribution in [3.8, 4) is 11.5 Å². The SMILES string of the molecule is CCCCOc1ccc(CNc2ncnc(NCc3ccc(OCCCC)cc3)c2[N+](=O)[O-])cc1. The van der Waals surface area contributed by atoms with Gasteiger partial charge in [0.05, 0.1) is 18.1 Å². The second-order valence-electron chi connectivity index (χ2n) is 8.08. The highest BCUT2D eigenvalue weighted by atomic mass is 16.6. The van der Waals surface area contributed by atoms with Gasteiger partial charge >= 0.3 is 5.69 Å². The number of nitrogens with one attached hydrogen (secondary N) is 2. The van der Waals surface area contributed by atoms with Crippen LogP contribution in [0.5, 0.6) is 11.5 Å². The molecule has 0 aliphatic heterocycles. The van der Waals surface area contributed by atoms with Gasteiger partial charge in [-0.2, -0.15) is 0 Å². The molecular formula is C26H33N5O4. The molecule has 186 valence electrons. The summed E-state index contributed by atoms with van der Waals surface area (Å²) < 4.78 is 11.4. The number of anilines is 2. The average Bonchev–Trinajstić information content (AvgIpc) is 2.88. The van der Waals surface area contributed by atoms with Gasteiger partial charge in [-0.15, -0.1) is 0 Å². The summed E-state index contributed by atoms with van der Waals surface area (Å²) >= 11 is 0. The normalized spacial score (nSPS) is 10.6. The first kappa shape index (κ1) is 25.7. The van der Waals surface area contributed by atoms with Gasteiger partial charge < -0.3 is 20.1 Å². The van der Waals surface area contributed by atoms with E-state index in [0.29, 0.717) is 26.3 Å². The smallest absolute Gasteiger partial charge is 0.353 e. The molecule has 0 atom stereocenters. The van der Waals surface area contributed by atoms with Crippen molar-refractivity contribution in [1.29, 1.82) is 0 Å². The molecule has 0 bridgehead atoms. The Morgan fingerprint density at radius 3 is 1.57 bits per heavy atom. The third-order valence-electron chi connectivity index (χ3n) is 5.30. The number of aromatic nitrogens is 2. The molecule has 0 fully saturated rings. The van der Waals surface area contributed by atoms with E-state index < -0.39 is 4.92 Å². The van der Waals surface area contributed by atoms with E-state index in [1.165, 1.54) is 6.33 Å². The van der Waals surface area contributed by atoms with E-state index >= 15 is 0 Å². The van der Waals surface area contributed by atoms with Gasteiger partial charge in [0.25, 0.3) is 0 Å². The predicted octanol–water partition coefficient (Wildman–Crippen LogP) is 5.97. The van der Waals surface area contributed by atoms with Crippen LogP contribution in [-0.2, 0) is 13.1 Å². The molecule has 1 heterocycles. The summed E-state index contributed by atoms with van der Waals surface area (Å²) in [6.07, 6.45) is 5.49. The zero-order valence-electron chi connectivity index (χ0n) is 20.3. The fourth-order valence-corrected chi connectivity index (χ4v) is 3.26. The summed E-state index contributed by atoms with van der Waals surface area (Å²) in [5.74, 6) is 1.94. The molecule has 0 aliphatic rings. The molecule has 2 N–H and O–H groups in total. The summed E-state index contributed by atoms with van der Waals surface area (Å²) in [6, 6.07) is 15.3. The Morgan fingerprint density at radius 1 is 0.771 bits per heavy atom. The fraction of sp³-hybridized carbons (Fsp3) is 0.385. The topological polar surface area (TPSA) is 111 Å². The minimum atomic E-state index is -0.472. The quantitative estimate of drug-likeness (QED) is 0.156. The number of nitro groups is 1. The maximum atomic E-state index is 11.8. The standard InChI is InChI=1S/C26H33N5O4/c1-3-5-15-34-22-11-7-20(8-12-22)17-27-25-24(31(32)33)26(30-19-29-25)28-18-21-9-13-23(14-10-21)35-16-6-4-2/h7-14,19H,3-6,15-18H2,1-2H3,(H2,27,28,29,30). The van der Waals surface area contributed by atoms with Crippen molar-refractivity contribution in [2.75, 3.05) is 23.8 Å². The zero-order chi connectivity index (χ0) is 24.9. The fourth-order valence-electron chi connectivity index (χ4n) is 3.26. The van der Waals surface area contributed by atoms with Gasteiger partial charge in [0.1, 0.15) is 17.8 Å². The first-order valence-electron chi connectivity index (χ1n) is 12.0. The maximum Gasteiger partial charge on any atom is 0.353 e. The number of ether oxygens (including phenoxy) is 2. The lowest BCUT2D eigenvalue weighted by atomic mass is 10.2. The molecule has 9 heteroatoms. The lowest BCUT2D eigenvalue weighted by Gasteiger charge is -2.11. The Bertz CT molecular complexity index is 983. The Morgan fingerprint density at radius 2 is 1.20 bits per heavy atom. The highest BCUT2D eigenvalue weighted by Crippen LogP contribution is 2.29. The summed E-state index contributed by atoms with van der Waals surface area (Å²) in [4.78, 5) is 19.5. The van der Waals surface area contributed by atoms with Crippen LogP contribution in [0.2, 0.25) is 0 Å². The molecule has 0 amide bonds. The first-order valence-corrected chi connectivity index (χ1v) is 12.0. The molecule has 2 aromatic carbocycles. The number of rotatable bonds is 15. The Kier molecular flexibility index (Phi) is 10.1. The zero-order valence-corrected chi connectivity index (χ0v) is 20.3. The number of benzene rings is 2. The van der Waals surface area contributed by atoms with Crippen LogP contribution in [0.3, 0.4) is 0 Å².